The van der Waals surface area contributed by atoms with Crippen molar-refractivity contribution in [3.63, 3.8) is 0 Å². The SMILES string of the molecule is O=C(NC(CC(F)F)C(=O)O)c1ccc(Br)o1. The van der Waals surface area contributed by atoms with Crippen LogP contribution in [0.2, 0.25) is 0 Å². The van der Waals surface area contributed by atoms with Gasteiger partial charge in [0.25, 0.3) is 5.91 Å². The van der Waals surface area contributed by atoms with Gasteiger partial charge in [-0.1, -0.05) is 0 Å². The zero-order chi connectivity index (χ0) is 13.0. The predicted octanol–water partition coefficient (Wildman–Crippen LogP) is 1.88. The summed E-state index contributed by atoms with van der Waals surface area (Å²) in [5, 5.41) is 10.6. The third-order valence-electron chi connectivity index (χ3n) is 1.81. The maximum absolute atomic E-state index is 12.1. The van der Waals surface area contributed by atoms with E-state index in [2.05, 4.69) is 15.9 Å². The number of nitrogens with one attached hydrogen (secondary N) is 1. The Morgan fingerprint density at radius 3 is 2.53 bits per heavy atom. The molecule has 1 aromatic rings. The zero-order valence-corrected chi connectivity index (χ0v) is 9.91. The molecule has 1 heterocycles. The number of alkyl halides is 2. The molecule has 0 saturated heterocycles. The average molecular weight is 312 g/mol. The molecule has 0 bridgehead atoms. The number of carboxylic acids is 1. The van der Waals surface area contributed by atoms with Crippen LogP contribution in [0.25, 0.3) is 0 Å². The Bertz CT molecular complexity index is 421. The molecule has 0 aliphatic carbocycles. The van der Waals surface area contributed by atoms with Crippen molar-refractivity contribution in [2.24, 2.45) is 0 Å². The molecule has 0 fully saturated rings. The summed E-state index contributed by atoms with van der Waals surface area (Å²) < 4.78 is 29.2. The Kier molecular flexibility index (Phi) is 4.62. The molecular formula is C9H8BrF2NO4. The quantitative estimate of drug-likeness (QED) is 0.870. The summed E-state index contributed by atoms with van der Waals surface area (Å²) in [7, 11) is 0. The van der Waals surface area contributed by atoms with Crippen molar-refractivity contribution in [1.82, 2.24) is 5.32 Å². The molecule has 94 valence electrons. The van der Waals surface area contributed by atoms with E-state index in [-0.39, 0.29) is 10.4 Å². The third kappa shape index (κ3) is 4.14. The summed E-state index contributed by atoms with van der Waals surface area (Å²) in [6, 6.07) is 1.07. The Balaban J connectivity index is 2.67. The number of halogens is 3. The van der Waals surface area contributed by atoms with Gasteiger partial charge in [0.2, 0.25) is 6.43 Å². The fraction of sp³-hybridized carbons (Fsp3) is 0.333. The molecule has 1 rings (SSSR count). The van der Waals surface area contributed by atoms with Crippen molar-refractivity contribution in [2.75, 3.05) is 0 Å². The molecule has 17 heavy (non-hydrogen) atoms. The zero-order valence-electron chi connectivity index (χ0n) is 8.32. The molecule has 2 N–H and O–H groups in total. The van der Waals surface area contributed by atoms with E-state index in [0.717, 1.165) is 0 Å². The fourth-order valence-electron chi connectivity index (χ4n) is 1.07. The number of hydrogen-bond acceptors (Lipinski definition) is 3. The van der Waals surface area contributed by atoms with Gasteiger partial charge in [-0.3, -0.25) is 4.79 Å². The highest BCUT2D eigenvalue weighted by Crippen LogP contribution is 2.14. The highest BCUT2D eigenvalue weighted by molar-refractivity contribution is 9.10. The van der Waals surface area contributed by atoms with Crippen molar-refractivity contribution in [1.29, 1.82) is 0 Å². The van der Waals surface area contributed by atoms with E-state index in [4.69, 9.17) is 9.52 Å². The Labute approximate surface area is 103 Å². The van der Waals surface area contributed by atoms with Crippen LogP contribution in [0.3, 0.4) is 0 Å². The molecule has 0 spiro atoms. The fourth-order valence-corrected chi connectivity index (χ4v) is 1.37. The van der Waals surface area contributed by atoms with E-state index in [0.29, 0.717) is 0 Å². The van der Waals surface area contributed by atoms with E-state index < -0.39 is 30.8 Å². The molecule has 1 atom stereocenters. The maximum atomic E-state index is 12.1. The van der Waals surface area contributed by atoms with E-state index in [1.54, 1.807) is 0 Å². The lowest BCUT2D eigenvalue weighted by molar-refractivity contribution is -0.140. The lowest BCUT2D eigenvalue weighted by Gasteiger charge is -2.12. The largest absolute Gasteiger partial charge is 0.480 e. The maximum Gasteiger partial charge on any atom is 0.326 e. The van der Waals surface area contributed by atoms with Crippen LogP contribution in [-0.4, -0.2) is 29.5 Å². The number of carbonyl (C=O) groups is 2. The van der Waals surface area contributed by atoms with E-state index >= 15 is 0 Å². The summed E-state index contributed by atoms with van der Waals surface area (Å²) in [5.74, 6) is -2.54. The first-order chi connectivity index (χ1) is 7.90. The molecule has 0 aliphatic heterocycles. The van der Waals surface area contributed by atoms with Gasteiger partial charge in [0, 0.05) is 6.42 Å². The number of aliphatic carboxylic acids is 1. The smallest absolute Gasteiger partial charge is 0.326 e. The van der Waals surface area contributed by atoms with Gasteiger partial charge >= 0.3 is 5.97 Å². The molecule has 1 unspecified atom stereocenters. The molecule has 0 saturated carbocycles. The van der Waals surface area contributed by atoms with Gasteiger partial charge in [0.05, 0.1) is 0 Å². The molecule has 0 aromatic carbocycles. The van der Waals surface area contributed by atoms with Crippen LogP contribution in [0.1, 0.15) is 17.0 Å². The van der Waals surface area contributed by atoms with Crippen molar-refractivity contribution < 1.29 is 27.9 Å². The second kappa shape index (κ2) is 5.76. The second-order valence-corrected chi connectivity index (χ2v) is 3.88. The minimum atomic E-state index is -2.82. The monoisotopic (exact) mass is 311 g/mol. The third-order valence-corrected chi connectivity index (χ3v) is 2.24. The highest BCUT2D eigenvalue weighted by atomic mass is 79.9. The van der Waals surface area contributed by atoms with Crippen LogP contribution >= 0.6 is 15.9 Å². The molecule has 0 radical (unpaired) electrons. The minimum absolute atomic E-state index is 0.155. The molecular weight excluding hydrogens is 304 g/mol. The van der Waals surface area contributed by atoms with Crippen LogP contribution in [0.15, 0.2) is 21.2 Å². The van der Waals surface area contributed by atoms with Crippen molar-refractivity contribution in [3.8, 4) is 0 Å². The molecule has 0 aliphatic rings. The minimum Gasteiger partial charge on any atom is -0.480 e. The van der Waals surface area contributed by atoms with E-state index in [9.17, 15) is 18.4 Å². The van der Waals surface area contributed by atoms with Crippen LogP contribution < -0.4 is 5.32 Å². The van der Waals surface area contributed by atoms with Crippen LogP contribution in [0.5, 0.6) is 0 Å². The van der Waals surface area contributed by atoms with E-state index in [1.165, 1.54) is 12.1 Å². The van der Waals surface area contributed by atoms with Crippen LogP contribution in [-0.2, 0) is 4.79 Å². The average Bonchev–Trinajstić information content (AvgIpc) is 2.63. The number of hydrogen-bond donors (Lipinski definition) is 2. The first-order valence-corrected chi connectivity index (χ1v) is 5.26. The second-order valence-electron chi connectivity index (χ2n) is 3.09. The summed E-state index contributed by atoms with van der Waals surface area (Å²) in [6.07, 6.45) is -3.78. The molecule has 1 aromatic heterocycles. The Morgan fingerprint density at radius 2 is 2.12 bits per heavy atom. The van der Waals surface area contributed by atoms with Gasteiger partial charge in [-0.15, -0.1) is 0 Å². The summed E-state index contributed by atoms with van der Waals surface area (Å²) in [5.41, 5.74) is 0. The summed E-state index contributed by atoms with van der Waals surface area (Å²) >= 11 is 2.95. The van der Waals surface area contributed by atoms with Crippen LogP contribution in [0.4, 0.5) is 8.78 Å². The van der Waals surface area contributed by atoms with Crippen molar-refractivity contribution in [2.45, 2.75) is 18.9 Å². The number of amides is 1. The number of carbonyl (C=O) groups excluding carboxylic acids is 1. The highest BCUT2D eigenvalue weighted by Gasteiger charge is 2.25. The summed E-state index contributed by atoms with van der Waals surface area (Å²) in [4.78, 5) is 22.0. The number of rotatable bonds is 5. The lowest BCUT2D eigenvalue weighted by Crippen LogP contribution is -2.41. The first kappa shape index (κ1) is 13.6. The van der Waals surface area contributed by atoms with Gasteiger partial charge in [-0.2, -0.15) is 0 Å². The molecule has 1 amide bonds. The van der Waals surface area contributed by atoms with Gasteiger partial charge in [-0.25, -0.2) is 13.6 Å². The van der Waals surface area contributed by atoms with Gasteiger partial charge in [0.15, 0.2) is 10.4 Å². The number of carboxylic acid groups (broad SMARTS) is 1. The predicted molar refractivity (Wildman–Crippen MR) is 55.9 cm³/mol. The van der Waals surface area contributed by atoms with Gasteiger partial charge in [-0.05, 0) is 28.1 Å². The van der Waals surface area contributed by atoms with Gasteiger partial charge in [0.1, 0.15) is 6.04 Å². The molecule has 8 heteroatoms. The topological polar surface area (TPSA) is 79.5 Å². The van der Waals surface area contributed by atoms with Crippen molar-refractivity contribution >= 4 is 27.8 Å². The molecule has 5 nitrogen and oxygen atoms in total. The first-order valence-electron chi connectivity index (χ1n) is 4.47. The Hall–Kier alpha value is -1.44. The van der Waals surface area contributed by atoms with Crippen LogP contribution in [0, 0.1) is 0 Å². The Morgan fingerprint density at radius 1 is 1.47 bits per heavy atom. The van der Waals surface area contributed by atoms with E-state index in [1.807, 2.05) is 5.32 Å². The summed E-state index contributed by atoms with van der Waals surface area (Å²) in [6.45, 7) is 0. The van der Waals surface area contributed by atoms with Crippen molar-refractivity contribution in [3.05, 3.63) is 22.6 Å². The lowest BCUT2D eigenvalue weighted by atomic mass is 10.2. The normalized spacial score (nSPS) is 12.5. The van der Waals surface area contributed by atoms with Gasteiger partial charge < -0.3 is 14.8 Å². The standard InChI is InChI=1S/C9H8BrF2NO4/c10-6-2-1-5(17-6)8(14)13-4(9(15)16)3-7(11)12/h1-2,4,7H,3H2,(H,13,14)(H,15,16). The number of furan rings is 1.